The lowest BCUT2D eigenvalue weighted by Crippen LogP contribution is -2.29. The van der Waals surface area contributed by atoms with E-state index in [1.807, 2.05) is 6.07 Å². The molecule has 2 aromatic carbocycles. The smallest absolute Gasteiger partial charge is 0.261 e. The van der Waals surface area contributed by atoms with Gasteiger partial charge in [0.1, 0.15) is 11.6 Å². The highest BCUT2D eigenvalue weighted by atomic mass is 19.1. The molecular formula is C18H16FN3O2. The van der Waals surface area contributed by atoms with Gasteiger partial charge in [0, 0.05) is 25.6 Å². The van der Waals surface area contributed by atoms with Gasteiger partial charge in [-0.2, -0.15) is 0 Å². The summed E-state index contributed by atoms with van der Waals surface area (Å²) in [6.45, 7) is 0.328. The molecule has 0 aliphatic rings. The van der Waals surface area contributed by atoms with Crippen molar-refractivity contribution in [2.45, 2.75) is 6.42 Å². The van der Waals surface area contributed by atoms with Crippen molar-refractivity contribution in [3.63, 3.8) is 0 Å². The van der Waals surface area contributed by atoms with Gasteiger partial charge in [-0.3, -0.25) is 14.2 Å². The quantitative estimate of drug-likeness (QED) is 0.798. The lowest BCUT2D eigenvalue weighted by molar-refractivity contribution is 0.0954. The average Bonchev–Trinajstić information content (AvgIpc) is 2.59. The molecule has 0 unspecified atom stereocenters. The first-order valence-electron chi connectivity index (χ1n) is 7.54. The second kappa shape index (κ2) is 6.62. The number of hydrogen-bond donors (Lipinski definition) is 1. The van der Waals surface area contributed by atoms with E-state index in [1.165, 1.54) is 28.8 Å². The van der Waals surface area contributed by atoms with Crippen molar-refractivity contribution in [2.75, 3.05) is 6.54 Å². The number of nitrogens with one attached hydrogen (secondary N) is 1. The fourth-order valence-corrected chi connectivity index (χ4v) is 2.48. The van der Waals surface area contributed by atoms with E-state index in [-0.39, 0.29) is 17.3 Å². The summed E-state index contributed by atoms with van der Waals surface area (Å²) in [5.41, 5.74) is 0.915. The zero-order valence-electron chi connectivity index (χ0n) is 13.1. The molecule has 0 saturated heterocycles. The lowest BCUT2D eigenvalue weighted by Gasteiger charge is -2.10. The van der Waals surface area contributed by atoms with Gasteiger partial charge in [0.15, 0.2) is 0 Å². The Hall–Kier alpha value is -3.02. The maximum Gasteiger partial charge on any atom is 0.261 e. The maximum absolute atomic E-state index is 12.9. The monoisotopic (exact) mass is 325 g/mol. The molecule has 1 heterocycles. The summed E-state index contributed by atoms with van der Waals surface area (Å²) in [6, 6.07) is 12.5. The maximum atomic E-state index is 12.9. The molecule has 0 fully saturated rings. The number of rotatable bonds is 4. The summed E-state index contributed by atoms with van der Waals surface area (Å²) in [7, 11) is 1.67. The molecule has 0 saturated carbocycles. The SMILES string of the molecule is Cn1c(CCNC(=O)c2ccc(F)cc2)nc2ccccc2c1=O. The van der Waals surface area contributed by atoms with Crippen LogP contribution >= 0.6 is 0 Å². The number of benzene rings is 2. The van der Waals surface area contributed by atoms with Gasteiger partial charge in [-0.05, 0) is 36.4 Å². The molecule has 0 spiro atoms. The van der Waals surface area contributed by atoms with Crippen LogP contribution in [0, 0.1) is 5.82 Å². The van der Waals surface area contributed by atoms with E-state index in [0.717, 1.165) is 0 Å². The number of halogens is 1. The first-order chi connectivity index (χ1) is 11.6. The average molecular weight is 325 g/mol. The van der Waals surface area contributed by atoms with Gasteiger partial charge in [-0.1, -0.05) is 12.1 Å². The second-order valence-corrected chi connectivity index (χ2v) is 5.42. The zero-order valence-corrected chi connectivity index (χ0v) is 13.1. The largest absolute Gasteiger partial charge is 0.352 e. The minimum absolute atomic E-state index is 0.111. The van der Waals surface area contributed by atoms with E-state index in [2.05, 4.69) is 10.3 Å². The van der Waals surface area contributed by atoms with E-state index in [1.54, 1.807) is 25.2 Å². The van der Waals surface area contributed by atoms with E-state index in [9.17, 15) is 14.0 Å². The van der Waals surface area contributed by atoms with Gasteiger partial charge in [-0.25, -0.2) is 9.37 Å². The zero-order chi connectivity index (χ0) is 17.1. The number of fused-ring (bicyclic) bond motifs is 1. The lowest BCUT2D eigenvalue weighted by atomic mass is 10.2. The molecule has 1 aromatic heterocycles. The van der Waals surface area contributed by atoms with Crippen molar-refractivity contribution in [1.29, 1.82) is 0 Å². The fourth-order valence-electron chi connectivity index (χ4n) is 2.48. The van der Waals surface area contributed by atoms with Crippen molar-refractivity contribution in [3.8, 4) is 0 Å². The summed E-state index contributed by atoms with van der Waals surface area (Å²) in [6.07, 6.45) is 0.420. The Bertz CT molecular complexity index is 949. The predicted octanol–water partition coefficient (Wildman–Crippen LogP) is 2.05. The van der Waals surface area contributed by atoms with Crippen LogP contribution in [-0.4, -0.2) is 22.0 Å². The van der Waals surface area contributed by atoms with Crippen molar-refractivity contribution in [1.82, 2.24) is 14.9 Å². The first-order valence-corrected chi connectivity index (χ1v) is 7.54. The van der Waals surface area contributed by atoms with Crippen LogP contribution in [-0.2, 0) is 13.5 Å². The molecule has 0 aliphatic carbocycles. The number of hydrogen-bond acceptors (Lipinski definition) is 3. The molecule has 0 atom stereocenters. The van der Waals surface area contributed by atoms with E-state index < -0.39 is 0 Å². The third kappa shape index (κ3) is 3.17. The Balaban J connectivity index is 1.72. The van der Waals surface area contributed by atoms with Crippen LogP contribution in [0.3, 0.4) is 0 Å². The van der Waals surface area contributed by atoms with Crippen LogP contribution in [0.25, 0.3) is 10.9 Å². The Labute approximate surface area is 137 Å². The Morgan fingerprint density at radius 2 is 1.88 bits per heavy atom. The standard InChI is InChI=1S/C18H16FN3O2/c1-22-16(21-15-5-3-2-4-14(15)18(22)24)10-11-20-17(23)12-6-8-13(19)9-7-12/h2-9H,10-11H2,1H3,(H,20,23). The summed E-state index contributed by atoms with van der Waals surface area (Å²) in [5.74, 6) is -0.0826. The van der Waals surface area contributed by atoms with Gasteiger partial charge < -0.3 is 5.32 Å². The van der Waals surface area contributed by atoms with E-state index in [0.29, 0.717) is 35.3 Å². The van der Waals surface area contributed by atoms with E-state index in [4.69, 9.17) is 0 Å². The van der Waals surface area contributed by atoms with Crippen LogP contribution in [0.2, 0.25) is 0 Å². The van der Waals surface area contributed by atoms with E-state index >= 15 is 0 Å². The third-order valence-electron chi connectivity index (χ3n) is 3.82. The molecule has 1 amide bonds. The van der Waals surface area contributed by atoms with Crippen molar-refractivity contribution in [3.05, 3.63) is 76.1 Å². The minimum atomic E-state index is -0.387. The fraction of sp³-hybridized carbons (Fsp3) is 0.167. The summed E-state index contributed by atoms with van der Waals surface area (Å²) < 4.78 is 14.4. The topological polar surface area (TPSA) is 64.0 Å². The molecule has 24 heavy (non-hydrogen) atoms. The Morgan fingerprint density at radius 1 is 1.17 bits per heavy atom. The molecule has 3 rings (SSSR count). The summed E-state index contributed by atoms with van der Waals surface area (Å²) in [5, 5.41) is 3.31. The Morgan fingerprint density at radius 3 is 2.62 bits per heavy atom. The van der Waals surface area contributed by atoms with Crippen LogP contribution in [0.4, 0.5) is 4.39 Å². The summed E-state index contributed by atoms with van der Waals surface area (Å²) in [4.78, 5) is 28.8. The van der Waals surface area contributed by atoms with Gasteiger partial charge in [0.2, 0.25) is 0 Å². The van der Waals surface area contributed by atoms with Gasteiger partial charge >= 0.3 is 0 Å². The predicted molar refractivity (Wildman–Crippen MR) is 89.4 cm³/mol. The number of carbonyl (C=O) groups is 1. The van der Waals surface area contributed by atoms with Crippen molar-refractivity contribution >= 4 is 16.8 Å². The van der Waals surface area contributed by atoms with Gasteiger partial charge in [0.05, 0.1) is 10.9 Å². The number of carbonyl (C=O) groups excluding carboxylic acids is 1. The molecule has 5 nitrogen and oxygen atoms in total. The Kier molecular flexibility index (Phi) is 4.37. The third-order valence-corrected chi connectivity index (χ3v) is 3.82. The van der Waals surface area contributed by atoms with Crippen molar-refractivity contribution < 1.29 is 9.18 Å². The molecule has 0 radical (unpaired) electrons. The normalized spacial score (nSPS) is 10.8. The summed E-state index contributed by atoms with van der Waals surface area (Å²) >= 11 is 0. The first kappa shape index (κ1) is 15.9. The van der Waals surface area contributed by atoms with Crippen LogP contribution in [0.15, 0.2) is 53.3 Å². The van der Waals surface area contributed by atoms with Crippen LogP contribution in [0.1, 0.15) is 16.2 Å². The molecule has 3 aromatic rings. The number of nitrogens with zero attached hydrogens (tertiary/aromatic N) is 2. The number of aromatic nitrogens is 2. The number of para-hydroxylation sites is 1. The highest BCUT2D eigenvalue weighted by Crippen LogP contribution is 2.07. The molecule has 1 N–H and O–H groups in total. The molecule has 6 heteroatoms. The van der Waals surface area contributed by atoms with Crippen LogP contribution < -0.4 is 10.9 Å². The highest BCUT2D eigenvalue weighted by molar-refractivity contribution is 5.94. The van der Waals surface area contributed by atoms with Gasteiger partial charge in [-0.15, -0.1) is 0 Å². The molecule has 122 valence electrons. The second-order valence-electron chi connectivity index (χ2n) is 5.42. The van der Waals surface area contributed by atoms with Gasteiger partial charge in [0.25, 0.3) is 11.5 Å². The highest BCUT2D eigenvalue weighted by Gasteiger charge is 2.09. The number of amides is 1. The molecular weight excluding hydrogens is 309 g/mol. The minimum Gasteiger partial charge on any atom is -0.352 e. The van der Waals surface area contributed by atoms with Crippen molar-refractivity contribution in [2.24, 2.45) is 7.05 Å². The van der Waals surface area contributed by atoms with Crippen LogP contribution in [0.5, 0.6) is 0 Å². The molecule has 0 bridgehead atoms. The molecule has 0 aliphatic heterocycles.